The van der Waals surface area contributed by atoms with Crippen LogP contribution in [0.5, 0.6) is 0 Å². The van der Waals surface area contributed by atoms with Gasteiger partial charge in [-0.2, -0.15) is 10.2 Å². The van der Waals surface area contributed by atoms with Gasteiger partial charge in [0.1, 0.15) is 0 Å². The van der Waals surface area contributed by atoms with E-state index in [0.29, 0.717) is 6.42 Å². The lowest BCUT2D eigenvalue weighted by molar-refractivity contribution is -0.137. The van der Waals surface area contributed by atoms with Gasteiger partial charge in [0, 0.05) is 13.5 Å². The van der Waals surface area contributed by atoms with Gasteiger partial charge in [-0.1, -0.05) is 36.8 Å². The molecule has 1 N–H and O–H groups in total. The number of carboxylic acid groups (broad SMARTS) is 1. The molecule has 0 amide bonds. The normalized spacial score (nSPS) is 13.5. The molecule has 0 aliphatic heterocycles. The van der Waals surface area contributed by atoms with Gasteiger partial charge in [-0.05, 0) is 32.3 Å². The Hall–Kier alpha value is -1.75. The van der Waals surface area contributed by atoms with Gasteiger partial charge in [0.25, 0.3) is 0 Å². The van der Waals surface area contributed by atoms with Gasteiger partial charge in [0.05, 0.1) is 6.04 Å². The molecule has 1 atom stereocenters. The Morgan fingerprint density at radius 1 is 1.29 bits per heavy atom. The van der Waals surface area contributed by atoms with Crippen LogP contribution in [0, 0.1) is 0 Å². The van der Waals surface area contributed by atoms with Gasteiger partial charge in [-0.3, -0.25) is 4.79 Å². The maximum atomic E-state index is 10.6. The van der Waals surface area contributed by atoms with E-state index < -0.39 is 11.7 Å². The predicted octanol–water partition coefficient (Wildman–Crippen LogP) is 4.21. The van der Waals surface area contributed by atoms with E-state index >= 15 is 0 Å². The summed E-state index contributed by atoms with van der Waals surface area (Å²) in [6.45, 7) is 3.70. The zero-order chi connectivity index (χ0) is 15.7. The van der Waals surface area contributed by atoms with Crippen LogP contribution >= 0.6 is 0 Å². The quantitative estimate of drug-likeness (QED) is 0.547. The fraction of sp³-hybridized carbons (Fsp3) is 0.562. The van der Waals surface area contributed by atoms with Crippen molar-refractivity contribution in [2.75, 3.05) is 7.11 Å². The van der Waals surface area contributed by atoms with E-state index in [-0.39, 0.29) is 12.5 Å². The number of benzene rings is 1. The summed E-state index contributed by atoms with van der Waals surface area (Å²) in [4.78, 5) is 10.6. The number of hydrogen-bond acceptors (Lipinski definition) is 4. The van der Waals surface area contributed by atoms with Gasteiger partial charge in [0.15, 0.2) is 5.72 Å². The van der Waals surface area contributed by atoms with Crippen molar-refractivity contribution in [3.8, 4) is 0 Å². The summed E-state index contributed by atoms with van der Waals surface area (Å²) in [5, 5.41) is 17.3. The molecule has 1 rings (SSSR count). The first-order valence-electron chi connectivity index (χ1n) is 7.18. The highest BCUT2D eigenvalue weighted by Gasteiger charge is 2.16. The van der Waals surface area contributed by atoms with Crippen molar-refractivity contribution < 1.29 is 14.6 Å². The Bertz CT molecular complexity index is 458. The number of nitrogens with zero attached hydrogens (tertiary/aromatic N) is 2. The third-order valence-corrected chi connectivity index (χ3v) is 3.24. The molecule has 116 valence electrons. The van der Waals surface area contributed by atoms with Crippen LogP contribution in [0.2, 0.25) is 0 Å². The molecule has 1 aromatic rings. The van der Waals surface area contributed by atoms with E-state index in [1.165, 1.54) is 0 Å². The van der Waals surface area contributed by atoms with E-state index in [1.807, 2.05) is 44.2 Å². The van der Waals surface area contributed by atoms with Crippen molar-refractivity contribution in [1.82, 2.24) is 0 Å². The minimum absolute atomic E-state index is 0.0607. The van der Waals surface area contributed by atoms with Crippen LogP contribution in [-0.4, -0.2) is 23.9 Å². The molecule has 0 saturated carbocycles. The molecule has 1 aromatic carbocycles. The topological polar surface area (TPSA) is 71.2 Å². The van der Waals surface area contributed by atoms with E-state index in [2.05, 4.69) is 10.2 Å². The summed E-state index contributed by atoms with van der Waals surface area (Å²) in [5.41, 5.74) is 0.442. The average molecular weight is 292 g/mol. The van der Waals surface area contributed by atoms with Crippen LogP contribution in [0.15, 0.2) is 40.6 Å². The minimum Gasteiger partial charge on any atom is -0.481 e. The first-order chi connectivity index (χ1) is 9.94. The predicted molar refractivity (Wildman–Crippen MR) is 81.2 cm³/mol. The van der Waals surface area contributed by atoms with Crippen LogP contribution in [0.4, 0.5) is 0 Å². The first kappa shape index (κ1) is 17.3. The van der Waals surface area contributed by atoms with E-state index in [9.17, 15) is 4.79 Å². The Morgan fingerprint density at radius 2 is 1.95 bits per heavy atom. The molecular weight excluding hydrogens is 268 g/mol. The molecule has 0 aromatic heterocycles. The number of methoxy groups -OCH3 is 1. The Kier molecular flexibility index (Phi) is 7.02. The number of carbonyl (C=O) groups is 1. The molecular formula is C16H24N2O3. The van der Waals surface area contributed by atoms with E-state index in [1.54, 1.807) is 7.11 Å². The maximum absolute atomic E-state index is 10.6. The largest absolute Gasteiger partial charge is 0.481 e. The van der Waals surface area contributed by atoms with Crippen LogP contribution in [0.1, 0.15) is 51.1 Å². The highest BCUT2D eigenvalue weighted by Crippen LogP contribution is 2.26. The molecule has 0 radical (unpaired) electrons. The zero-order valence-electron chi connectivity index (χ0n) is 13.0. The SMILES string of the molecule is COC(C)(C)N=NC(CCCCC(=O)O)c1ccccc1. The highest BCUT2D eigenvalue weighted by atomic mass is 16.5. The summed E-state index contributed by atoms with van der Waals surface area (Å²) < 4.78 is 5.24. The highest BCUT2D eigenvalue weighted by molar-refractivity contribution is 5.66. The molecule has 0 aliphatic rings. The van der Waals surface area contributed by atoms with Crippen LogP contribution in [0.3, 0.4) is 0 Å². The number of aliphatic carboxylic acids is 1. The van der Waals surface area contributed by atoms with Gasteiger partial charge < -0.3 is 9.84 Å². The lowest BCUT2D eigenvalue weighted by Gasteiger charge is -2.18. The van der Waals surface area contributed by atoms with Gasteiger partial charge >= 0.3 is 5.97 Å². The van der Waals surface area contributed by atoms with Crippen LogP contribution in [0.25, 0.3) is 0 Å². The van der Waals surface area contributed by atoms with Crippen molar-refractivity contribution in [1.29, 1.82) is 0 Å². The van der Waals surface area contributed by atoms with Gasteiger partial charge in [-0.15, -0.1) is 0 Å². The Morgan fingerprint density at radius 3 is 2.52 bits per heavy atom. The average Bonchev–Trinajstić information content (AvgIpc) is 2.47. The smallest absolute Gasteiger partial charge is 0.303 e. The van der Waals surface area contributed by atoms with Crippen molar-refractivity contribution in [3.05, 3.63) is 35.9 Å². The van der Waals surface area contributed by atoms with Gasteiger partial charge in [0.2, 0.25) is 0 Å². The molecule has 5 nitrogen and oxygen atoms in total. The molecule has 0 saturated heterocycles. The Balaban J connectivity index is 2.69. The van der Waals surface area contributed by atoms with E-state index in [0.717, 1.165) is 18.4 Å². The van der Waals surface area contributed by atoms with E-state index in [4.69, 9.17) is 9.84 Å². The molecule has 0 bridgehead atoms. The number of carboxylic acids is 1. The van der Waals surface area contributed by atoms with Crippen LogP contribution < -0.4 is 0 Å². The molecule has 0 aliphatic carbocycles. The molecule has 0 fully saturated rings. The number of ether oxygens (including phenoxy) is 1. The zero-order valence-corrected chi connectivity index (χ0v) is 13.0. The number of azo groups is 1. The van der Waals surface area contributed by atoms with Crippen molar-refractivity contribution >= 4 is 5.97 Å². The van der Waals surface area contributed by atoms with Crippen molar-refractivity contribution in [2.24, 2.45) is 10.2 Å². The van der Waals surface area contributed by atoms with Crippen LogP contribution in [-0.2, 0) is 9.53 Å². The summed E-state index contributed by atoms with van der Waals surface area (Å²) in [6, 6.07) is 9.87. The molecule has 21 heavy (non-hydrogen) atoms. The maximum Gasteiger partial charge on any atom is 0.303 e. The standard InChI is InChI=1S/C16H24N2O3/c1-16(2,21-3)18-17-14(11-7-8-12-15(19)20)13-9-5-4-6-10-13/h4-6,9-10,14H,7-8,11-12H2,1-3H3,(H,19,20). The molecule has 5 heteroatoms. The molecule has 1 unspecified atom stereocenters. The second-order valence-electron chi connectivity index (χ2n) is 5.43. The second kappa shape index (κ2) is 8.52. The second-order valence-corrected chi connectivity index (χ2v) is 5.43. The third-order valence-electron chi connectivity index (χ3n) is 3.24. The lowest BCUT2D eigenvalue weighted by atomic mass is 10.0. The first-order valence-corrected chi connectivity index (χ1v) is 7.18. The van der Waals surface area contributed by atoms with Crippen molar-refractivity contribution in [3.63, 3.8) is 0 Å². The molecule has 0 heterocycles. The summed E-state index contributed by atoms with van der Waals surface area (Å²) in [5.74, 6) is -0.756. The van der Waals surface area contributed by atoms with Crippen molar-refractivity contribution in [2.45, 2.75) is 51.3 Å². The number of hydrogen-bond donors (Lipinski definition) is 1. The summed E-state index contributed by atoms with van der Waals surface area (Å²) in [7, 11) is 1.60. The fourth-order valence-electron chi connectivity index (χ4n) is 1.83. The minimum atomic E-state index is -0.756. The third kappa shape index (κ3) is 6.99. The molecule has 0 spiro atoms. The Labute approximate surface area is 126 Å². The number of rotatable bonds is 9. The fourth-order valence-corrected chi connectivity index (χ4v) is 1.83. The summed E-state index contributed by atoms with van der Waals surface area (Å²) in [6.07, 6.45) is 2.43. The summed E-state index contributed by atoms with van der Waals surface area (Å²) >= 11 is 0. The number of unbranched alkanes of at least 4 members (excludes halogenated alkanes) is 1. The van der Waals surface area contributed by atoms with Gasteiger partial charge in [-0.25, -0.2) is 0 Å². The lowest BCUT2D eigenvalue weighted by Crippen LogP contribution is -2.18. The monoisotopic (exact) mass is 292 g/mol.